The highest BCUT2D eigenvalue weighted by Gasteiger charge is 2.57. The molecule has 2 unspecified atom stereocenters. The lowest BCUT2D eigenvalue weighted by molar-refractivity contribution is -0.123. The van der Waals surface area contributed by atoms with Crippen molar-refractivity contribution in [3.05, 3.63) is 34.3 Å². The van der Waals surface area contributed by atoms with Gasteiger partial charge < -0.3 is 10.6 Å². The third kappa shape index (κ3) is 2.77. The molecule has 1 aliphatic heterocycles. The Hall–Kier alpha value is -0.870. The molecule has 4 heteroatoms. The van der Waals surface area contributed by atoms with Gasteiger partial charge in [-0.2, -0.15) is 0 Å². The van der Waals surface area contributed by atoms with E-state index in [1.54, 1.807) is 0 Å². The number of amides is 1. The molecule has 1 aliphatic carbocycles. The van der Waals surface area contributed by atoms with Gasteiger partial charge in [-0.15, -0.1) is 0 Å². The molecule has 2 atom stereocenters. The molecule has 2 fully saturated rings. The Morgan fingerprint density at radius 3 is 2.65 bits per heavy atom. The molecule has 1 heterocycles. The van der Waals surface area contributed by atoms with Crippen molar-refractivity contribution in [2.45, 2.75) is 32.2 Å². The molecular weight excluding hydrogens is 316 g/mol. The van der Waals surface area contributed by atoms with E-state index in [4.69, 9.17) is 0 Å². The molecule has 2 aliphatic rings. The first-order valence-corrected chi connectivity index (χ1v) is 8.17. The smallest absolute Gasteiger partial charge is 0.224 e. The van der Waals surface area contributed by atoms with E-state index in [9.17, 15) is 4.79 Å². The fraction of sp³-hybridized carbons (Fsp3) is 0.562. The Labute approximate surface area is 128 Å². The monoisotopic (exact) mass is 336 g/mol. The zero-order chi connectivity index (χ0) is 14.2. The number of hydrogen-bond acceptors (Lipinski definition) is 2. The number of benzene rings is 1. The summed E-state index contributed by atoms with van der Waals surface area (Å²) in [5.41, 5.74) is 1.47. The second kappa shape index (κ2) is 5.49. The van der Waals surface area contributed by atoms with Crippen LogP contribution in [0.2, 0.25) is 0 Å². The van der Waals surface area contributed by atoms with Crippen molar-refractivity contribution in [3.63, 3.8) is 0 Å². The van der Waals surface area contributed by atoms with E-state index < -0.39 is 0 Å². The lowest BCUT2D eigenvalue weighted by Crippen LogP contribution is -2.34. The van der Waals surface area contributed by atoms with Crippen molar-refractivity contribution in [3.8, 4) is 0 Å². The molecule has 0 bridgehead atoms. The quantitative estimate of drug-likeness (QED) is 0.890. The maximum absolute atomic E-state index is 12.4. The molecule has 1 aromatic carbocycles. The van der Waals surface area contributed by atoms with E-state index in [-0.39, 0.29) is 17.9 Å². The normalized spacial score (nSPS) is 25.2. The summed E-state index contributed by atoms with van der Waals surface area (Å²) in [6.45, 7) is 4.18. The molecule has 1 saturated heterocycles. The van der Waals surface area contributed by atoms with E-state index in [1.807, 2.05) is 12.1 Å². The summed E-state index contributed by atoms with van der Waals surface area (Å²) in [4.78, 5) is 12.4. The van der Waals surface area contributed by atoms with Crippen LogP contribution in [0.3, 0.4) is 0 Å². The third-order valence-corrected chi connectivity index (χ3v) is 5.36. The van der Waals surface area contributed by atoms with Crippen LogP contribution >= 0.6 is 15.9 Å². The summed E-state index contributed by atoms with van der Waals surface area (Å²) in [5.74, 6) is 0.477. The lowest BCUT2D eigenvalue weighted by atomic mass is 9.91. The Balaban J connectivity index is 1.58. The molecule has 1 amide bonds. The zero-order valence-electron chi connectivity index (χ0n) is 11.8. The summed E-state index contributed by atoms with van der Waals surface area (Å²) in [6, 6.07) is 8.23. The summed E-state index contributed by atoms with van der Waals surface area (Å²) in [5, 5.41) is 6.55. The molecule has 0 aromatic heterocycles. The van der Waals surface area contributed by atoms with Crippen LogP contribution in [0.1, 0.15) is 37.8 Å². The van der Waals surface area contributed by atoms with Gasteiger partial charge in [0.15, 0.2) is 0 Å². The topological polar surface area (TPSA) is 41.1 Å². The molecule has 1 saturated carbocycles. The molecule has 3 nitrogen and oxygen atoms in total. The fourth-order valence-electron chi connectivity index (χ4n) is 3.34. The van der Waals surface area contributed by atoms with Crippen molar-refractivity contribution >= 4 is 21.8 Å². The second-order valence-electron chi connectivity index (χ2n) is 6.15. The first kappa shape index (κ1) is 14.1. The van der Waals surface area contributed by atoms with Crippen LogP contribution in [0.15, 0.2) is 28.7 Å². The van der Waals surface area contributed by atoms with Gasteiger partial charge in [-0.25, -0.2) is 0 Å². The van der Waals surface area contributed by atoms with E-state index in [0.29, 0.717) is 5.41 Å². The molecule has 108 valence electrons. The summed E-state index contributed by atoms with van der Waals surface area (Å²) in [7, 11) is 0. The van der Waals surface area contributed by atoms with E-state index in [1.165, 1.54) is 0 Å². The number of rotatable bonds is 3. The van der Waals surface area contributed by atoms with Crippen LogP contribution in [0.5, 0.6) is 0 Å². The van der Waals surface area contributed by atoms with Gasteiger partial charge in [0.05, 0.1) is 6.04 Å². The minimum absolute atomic E-state index is 0.0787. The summed E-state index contributed by atoms with van der Waals surface area (Å²) < 4.78 is 1.07. The molecule has 1 aromatic rings. The molecule has 1 spiro atoms. The predicted molar refractivity (Wildman–Crippen MR) is 83.3 cm³/mol. The molecule has 20 heavy (non-hydrogen) atoms. The summed E-state index contributed by atoms with van der Waals surface area (Å²) in [6.07, 6.45) is 3.38. The van der Waals surface area contributed by atoms with Crippen LogP contribution in [0.25, 0.3) is 0 Å². The van der Waals surface area contributed by atoms with Crippen LogP contribution < -0.4 is 10.6 Å². The first-order valence-electron chi connectivity index (χ1n) is 7.37. The van der Waals surface area contributed by atoms with Crippen molar-refractivity contribution in [1.29, 1.82) is 0 Å². The Morgan fingerprint density at radius 1 is 1.35 bits per heavy atom. The molecule has 0 radical (unpaired) electrons. The second-order valence-corrected chi connectivity index (χ2v) is 7.07. The van der Waals surface area contributed by atoms with Crippen LogP contribution in [-0.2, 0) is 4.79 Å². The Kier molecular flexibility index (Phi) is 3.87. The Morgan fingerprint density at radius 2 is 2.00 bits per heavy atom. The summed E-state index contributed by atoms with van der Waals surface area (Å²) >= 11 is 3.43. The number of hydrogen-bond donors (Lipinski definition) is 2. The maximum atomic E-state index is 12.4. The van der Waals surface area contributed by atoms with Gasteiger partial charge >= 0.3 is 0 Å². The maximum Gasteiger partial charge on any atom is 0.224 e. The highest BCUT2D eigenvalue weighted by molar-refractivity contribution is 9.10. The number of piperidine rings is 1. The van der Waals surface area contributed by atoms with Crippen molar-refractivity contribution < 1.29 is 4.79 Å². The van der Waals surface area contributed by atoms with Gasteiger partial charge in [-0.1, -0.05) is 28.1 Å². The highest BCUT2D eigenvalue weighted by atomic mass is 79.9. The third-order valence-electron chi connectivity index (χ3n) is 4.83. The van der Waals surface area contributed by atoms with Crippen molar-refractivity contribution in [2.24, 2.45) is 11.3 Å². The first-order chi connectivity index (χ1) is 9.61. The van der Waals surface area contributed by atoms with Gasteiger partial charge in [0, 0.05) is 10.4 Å². The van der Waals surface area contributed by atoms with Crippen molar-refractivity contribution in [1.82, 2.24) is 10.6 Å². The van der Waals surface area contributed by atoms with Crippen LogP contribution in [-0.4, -0.2) is 19.0 Å². The van der Waals surface area contributed by atoms with E-state index >= 15 is 0 Å². The number of carbonyl (C=O) groups is 1. The number of halogens is 1. The van der Waals surface area contributed by atoms with Gasteiger partial charge in [0.1, 0.15) is 0 Å². The van der Waals surface area contributed by atoms with Crippen LogP contribution in [0, 0.1) is 11.3 Å². The van der Waals surface area contributed by atoms with Crippen molar-refractivity contribution in [2.75, 3.05) is 13.1 Å². The zero-order valence-corrected chi connectivity index (χ0v) is 13.4. The minimum atomic E-state index is 0.0787. The van der Waals surface area contributed by atoms with Gasteiger partial charge in [0.25, 0.3) is 0 Å². The number of nitrogens with one attached hydrogen (secondary N) is 2. The lowest BCUT2D eigenvalue weighted by Gasteiger charge is -2.23. The molecular formula is C16H21BrN2O. The Bertz CT molecular complexity index is 494. The average Bonchev–Trinajstić information content (AvgIpc) is 3.14. The van der Waals surface area contributed by atoms with Gasteiger partial charge in [-0.3, -0.25) is 4.79 Å². The van der Waals surface area contributed by atoms with Gasteiger partial charge in [0.2, 0.25) is 5.91 Å². The minimum Gasteiger partial charge on any atom is -0.349 e. The standard InChI is InChI=1S/C16H21BrN2O/c1-11(12-2-4-13(17)5-3-12)19-15(20)14-10-16(14)6-8-18-9-7-16/h2-5,11,14,18H,6-10H2,1H3,(H,19,20). The fourth-order valence-corrected chi connectivity index (χ4v) is 3.61. The molecule has 3 rings (SSSR count). The van der Waals surface area contributed by atoms with Crippen LogP contribution in [0.4, 0.5) is 0 Å². The number of carbonyl (C=O) groups excluding carboxylic acids is 1. The SMILES string of the molecule is CC(NC(=O)C1CC12CCNCC2)c1ccc(Br)cc1. The molecule has 2 N–H and O–H groups in total. The van der Waals surface area contributed by atoms with Gasteiger partial charge in [-0.05, 0) is 62.4 Å². The largest absolute Gasteiger partial charge is 0.349 e. The van der Waals surface area contributed by atoms with E-state index in [0.717, 1.165) is 42.4 Å². The predicted octanol–water partition coefficient (Wildman–Crippen LogP) is 3.02. The van der Waals surface area contributed by atoms with E-state index in [2.05, 4.69) is 45.6 Å². The average molecular weight is 337 g/mol. The highest BCUT2D eigenvalue weighted by Crippen LogP contribution is 2.58.